The number of halogens is 3. The summed E-state index contributed by atoms with van der Waals surface area (Å²) in [5, 5.41) is 0.485. The van der Waals surface area contributed by atoms with Crippen molar-refractivity contribution in [3.63, 3.8) is 0 Å². The molecular weight excluding hydrogens is 327 g/mol. The highest BCUT2D eigenvalue weighted by molar-refractivity contribution is 9.11. The molecule has 2 nitrogen and oxygen atoms in total. The predicted octanol–water partition coefficient (Wildman–Crippen LogP) is 3.86. The van der Waals surface area contributed by atoms with E-state index >= 15 is 0 Å². The third-order valence-corrected chi connectivity index (χ3v) is 4.35. The van der Waals surface area contributed by atoms with E-state index in [0.29, 0.717) is 10.6 Å². The lowest BCUT2D eigenvalue weighted by molar-refractivity contribution is 0.609. The second kappa shape index (κ2) is 5.46. The maximum Gasteiger partial charge on any atom is 0.123 e. The van der Waals surface area contributed by atoms with Gasteiger partial charge in [-0.05, 0) is 51.8 Å². The smallest absolute Gasteiger partial charge is 0.123 e. The summed E-state index contributed by atoms with van der Waals surface area (Å²) >= 11 is 11.0. The van der Waals surface area contributed by atoms with E-state index in [9.17, 15) is 4.39 Å². The summed E-state index contributed by atoms with van der Waals surface area (Å²) in [6, 6.07) is 7.76. The van der Waals surface area contributed by atoms with Crippen molar-refractivity contribution >= 4 is 38.9 Å². The summed E-state index contributed by atoms with van der Waals surface area (Å²) in [6.07, 6.45) is 0. The Hall–Kier alpha value is -0.460. The van der Waals surface area contributed by atoms with E-state index in [1.165, 1.54) is 29.5 Å². The van der Waals surface area contributed by atoms with Gasteiger partial charge in [-0.3, -0.25) is 5.84 Å². The minimum atomic E-state index is -0.333. The second-order valence-electron chi connectivity index (χ2n) is 3.41. The number of rotatable bonds is 3. The molecule has 0 fully saturated rings. The van der Waals surface area contributed by atoms with Gasteiger partial charge in [0.2, 0.25) is 0 Å². The predicted molar refractivity (Wildman–Crippen MR) is 72.6 cm³/mol. The van der Waals surface area contributed by atoms with Crippen LogP contribution >= 0.6 is 38.9 Å². The van der Waals surface area contributed by atoms with Crippen LogP contribution in [0, 0.1) is 5.82 Å². The largest absolute Gasteiger partial charge is 0.271 e. The van der Waals surface area contributed by atoms with Crippen LogP contribution in [0.25, 0.3) is 0 Å². The van der Waals surface area contributed by atoms with Crippen LogP contribution in [-0.2, 0) is 0 Å². The Morgan fingerprint density at radius 1 is 1.35 bits per heavy atom. The van der Waals surface area contributed by atoms with E-state index in [0.717, 1.165) is 8.66 Å². The van der Waals surface area contributed by atoms with Crippen molar-refractivity contribution in [3.8, 4) is 0 Å². The van der Waals surface area contributed by atoms with Gasteiger partial charge in [0, 0.05) is 9.90 Å². The van der Waals surface area contributed by atoms with Crippen molar-refractivity contribution in [1.29, 1.82) is 0 Å². The number of benzene rings is 1. The number of nitrogens with two attached hydrogens (primary N) is 1. The van der Waals surface area contributed by atoms with Gasteiger partial charge in [0.15, 0.2) is 0 Å². The molecule has 1 aromatic heterocycles. The molecule has 1 aromatic carbocycles. The van der Waals surface area contributed by atoms with E-state index in [2.05, 4.69) is 21.4 Å². The molecule has 2 aromatic rings. The van der Waals surface area contributed by atoms with Crippen molar-refractivity contribution in [1.82, 2.24) is 5.43 Å². The molecule has 0 bridgehead atoms. The SMILES string of the molecule is NNC(c1ccc(Br)s1)c1cc(F)ccc1Cl. The summed E-state index contributed by atoms with van der Waals surface area (Å²) in [6.45, 7) is 0. The highest BCUT2D eigenvalue weighted by Crippen LogP contribution is 2.34. The molecule has 1 heterocycles. The first-order valence-corrected chi connectivity index (χ1v) is 6.77. The van der Waals surface area contributed by atoms with E-state index in [1.54, 1.807) is 0 Å². The van der Waals surface area contributed by atoms with Gasteiger partial charge in [-0.2, -0.15) is 0 Å². The lowest BCUT2D eigenvalue weighted by atomic mass is 10.1. The van der Waals surface area contributed by atoms with E-state index < -0.39 is 0 Å². The van der Waals surface area contributed by atoms with Gasteiger partial charge < -0.3 is 0 Å². The van der Waals surface area contributed by atoms with E-state index in [1.807, 2.05) is 12.1 Å². The van der Waals surface area contributed by atoms with Gasteiger partial charge >= 0.3 is 0 Å². The third kappa shape index (κ3) is 2.86. The maximum atomic E-state index is 13.2. The van der Waals surface area contributed by atoms with Crippen LogP contribution in [0.5, 0.6) is 0 Å². The maximum absolute atomic E-state index is 13.2. The Morgan fingerprint density at radius 3 is 2.71 bits per heavy atom. The third-order valence-electron chi connectivity index (χ3n) is 2.31. The minimum absolute atomic E-state index is 0.311. The van der Waals surface area contributed by atoms with E-state index in [-0.39, 0.29) is 11.9 Å². The topological polar surface area (TPSA) is 38.0 Å². The lowest BCUT2D eigenvalue weighted by Gasteiger charge is -2.16. The molecule has 2 rings (SSSR count). The summed E-state index contributed by atoms with van der Waals surface area (Å²) in [7, 11) is 0. The Labute approximate surface area is 116 Å². The van der Waals surface area contributed by atoms with Crippen molar-refractivity contribution in [2.45, 2.75) is 6.04 Å². The molecule has 1 unspecified atom stereocenters. The van der Waals surface area contributed by atoms with Crippen LogP contribution in [-0.4, -0.2) is 0 Å². The molecular formula is C11H9BrClFN2S. The van der Waals surface area contributed by atoms with Crippen molar-refractivity contribution < 1.29 is 4.39 Å². The Bertz CT molecular complexity index is 532. The number of nitrogens with one attached hydrogen (secondary N) is 1. The minimum Gasteiger partial charge on any atom is -0.271 e. The Kier molecular flexibility index (Phi) is 4.17. The molecule has 0 radical (unpaired) electrons. The zero-order valence-corrected chi connectivity index (χ0v) is 11.7. The van der Waals surface area contributed by atoms with Gasteiger partial charge in [-0.25, -0.2) is 9.82 Å². The number of hydrogen-bond acceptors (Lipinski definition) is 3. The first-order chi connectivity index (χ1) is 8.11. The summed E-state index contributed by atoms with van der Waals surface area (Å²) in [5.41, 5.74) is 3.28. The lowest BCUT2D eigenvalue weighted by Crippen LogP contribution is -2.28. The average molecular weight is 336 g/mol. The van der Waals surface area contributed by atoms with Gasteiger partial charge in [-0.15, -0.1) is 11.3 Å². The molecule has 0 saturated carbocycles. The zero-order valence-electron chi connectivity index (χ0n) is 8.58. The molecule has 0 aliphatic heterocycles. The Morgan fingerprint density at radius 2 is 2.12 bits per heavy atom. The normalized spacial score (nSPS) is 12.7. The molecule has 90 valence electrons. The fourth-order valence-electron chi connectivity index (χ4n) is 1.54. The van der Waals surface area contributed by atoms with Gasteiger partial charge in [0.1, 0.15) is 5.82 Å². The second-order valence-corrected chi connectivity index (χ2v) is 6.31. The fourth-order valence-corrected chi connectivity index (χ4v) is 3.27. The molecule has 3 N–H and O–H groups in total. The zero-order chi connectivity index (χ0) is 12.4. The quantitative estimate of drug-likeness (QED) is 0.660. The van der Waals surface area contributed by atoms with Gasteiger partial charge in [0.25, 0.3) is 0 Å². The highest BCUT2D eigenvalue weighted by atomic mass is 79.9. The van der Waals surface area contributed by atoms with Crippen LogP contribution in [0.1, 0.15) is 16.5 Å². The molecule has 0 spiro atoms. The molecule has 17 heavy (non-hydrogen) atoms. The monoisotopic (exact) mass is 334 g/mol. The van der Waals surface area contributed by atoms with Gasteiger partial charge in [-0.1, -0.05) is 11.6 Å². The average Bonchev–Trinajstić information content (AvgIpc) is 2.71. The van der Waals surface area contributed by atoms with Crippen LogP contribution in [0.15, 0.2) is 34.1 Å². The first kappa shape index (κ1) is 13.0. The molecule has 0 amide bonds. The molecule has 0 aliphatic rings. The summed E-state index contributed by atoms with van der Waals surface area (Å²) in [4.78, 5) is 0.965. The summed E-state index contributed by atoms with van der Waals surface area (Å²) < 4.78 is 14.2. The van der Waals surface area contributed by atoms with Crippen molar-refractivity contribution in [2.24, 2.45) is 5.84 Å². The van der Waals surface area contributed by atoms with E-state index in [4.69, 9.17) is 17.4 Å². The van der Waals surface area contributed by atoms with Crippen LogP contribution < -0.4 is 11.3 Å². The van der Waals surface area contributed by atoms with Gasteiger partial charge in [0.05, 0.1) is 9.83 Å². The standard InChI is InChI=1S/C11H9BrClFN2S/c12-10-4-3-9(17-10)11(16-15)7-5-6(14)1-2-8(7)13/h1-5,11,16H,15H2. The molecule has 6 heteroatoms. The molecule has 0 aliphatic carbocycles. The van der Waals surface area contributed by atoms with Crippen LogP contribution in [0.4, 0.5) is 4.39 Å². The highest BCUT2D eigenvalue weighted by Gasteiger charge is 2.18. The van der Waals surface area contributed by atoms with Crippen LogP contribution in [0.3, 0.4) is 0 Å². The number of hydrazine groups is 1. The molecule has 0 saturated heterocycles. The first-order valence-electron chi connectivity index (χ1n) is 4.78. The van der Waals surface area contributed by atoms with Crippen molar-refractivity contribution in [2.75, 3.05) is 0 Å². The number of hydrogen-bond donors (Lipinski definition) is 2. The Balaban J connectivity index is 2.45. The fraction of sp³-hybridized carbons (Fsp3) is 0.0909. The number of thiophene rings is 1. The van der Waals surface area contributed by atoms with Crippen molar-refractivity contribution in [3.05, 3.63) is 55.4 Å². The molecule has 1 atom stereocenters. The summed E-state index contributed by atoms with van der Waals surface area (Å²) in [5.74, 6) is 5.19. The van der Waals surface area contributed by atoms with Crippen LogP contribution in [0.2, 0.25) is 5.02 Å².